The van der Waals surface area contributed by atoms with Gasteiger partial charge in [0.25, 0.3) is 0 Å². The fraction of sp³-hybridized carbons (Fsp3) is 0.889. The van der Waals surface area contributed by atoms with Crippen molar-refractivity contribution in [3.8, 4) is 6.07 Å². The van der Waals surface area contributed by atoms with E-state index in [1.165, 1.54) is 25.7 Å². The van der Waals surface area contributed by atoms with Crippen molar-refractivity contribution in [1.82, 2.24) is 5.32 Å². The van der Waals surface area contributed by atoms with Gasteiger partial charge in [-0.2, -0.15) is 5.26 Å². The highest BCUT2D eigenvalue weighted by Crippen LogP contribution is 2.25. The van der Waals surface area contributed by atoms with Gasteiger partial charge in [-0.15, -0.1) is 0 Å². The lowest BCUT2D eigenvalue weighted by Crippen LogP contribution is -2.29. The van der Waals surface area contributed by atoms with E-state index in [1.54, 1.807) is 0 Å². The van der Waals surface area contributed by atoms with Gasteiger partial charge in [-0.3, -0.25) is 0 Å². The average molecular weight is 152 g/mol. The van der Waals surface area contributed by atoms with E-state index in [9.17, 15) is 0 Å². The lowest BCUT2D eigenvalue weighted by Gasteiger charge is -2.26. The first kappa shape index (κ1) is 8.55. The Kier molecular flexibility index (Phi) is 3.38. The number of nitrogens with one attached hydrogen (secondary N) is 1. The van der Waals surface area contributed by atoms with Crippen LogP contribution in [0.3, 0.4) is 0 Å². The normalized spacial score (nSPS) is 31.3. The lowest BCUT2D eigenvalue weighted by atomic mass is 9.84. The quantitative estimate of drug-likeness (QED) is 0.653. The molecule has 0 radical (unpaired) electrons. The topological polar surface area (TPSA) is 35.8 Å². The second-order valence-corrected chi connectivity index (χ2v) is 3.37. The van der Waals surface area contributed by atoms with E-state index in [2.05, 4.69) is 11.4 Å². The van der Waals surface area contributed by atoms with Gasteiger partial charge in [-0.1, -0.05) is 0 Å². The molecule has 0 aromatic rings. The van der Waals surface area contributed by atoms with Gasteiger partial charge >= 0.3 is 0 Å². The zero-order chi connectivity index (χ0) is 8.10. The zero-order valence-electron chi connectivity index (χ0n) is 7.14. The first-order valence-electron chi connectivity index (χ1n) is 4.41. The van der Waals surface area contributed by atoms with E-state index in [0.717, 1.165) is 6.42 Å². The summed E-state index contributed by atoms with van der Waals surface area (Å²) in [7, 11) is 2.02. The third kappa shape index (κ3) is 2.51. The Hall–Kier alpha value is -0.550. The monoisotopic (exact) mass is 152 g/mol. The summed E-state index contributed by atoms with van der Waals surface area (Å²) in [6.45, 7) is 0. The fourth-order valence-electron chi connectivity index (χ4n) is 1.78. The number of hydrogen-bond acceptors (Lipinski definition) is 2. The Morgan fingerprint density at radius 1 is 1.36 bits per heavy atom. The number of nitrogens with zero attached hydrogens (tertiary/aromatic N) is 1. The Bertz CT molecular complexity index is 140. The Balaban J connectivity index is 2.20. The van der Waals surface area contributed by atoms with E-state index in [4.69, 9.17) is 5.26 Å². The minimum absolute atomic E-state index is 0.685. The molecule has 62 valence electrons. The van der Waals surface area contributed by atoms with E-state index in [0.29, 0.717) is 12.0 Å². The average Bonchev–Trinajstić information content (AvgIpc) is 2.07. The summed E-state index contributed by atoms with van der Waals surface area (Å²) < 4.78 is 0. The van der Waals surface area contributed by atoms with Crippen molar-refractivity contribution in [2.24, 2.45) is 5.92 Å². The smallest absolute Gasteiger partial charge is 0.0624 e. The molecule has 0 heterocycles. The van der Waals surface area contributed by atoms with Gasteiger partial charge in [0.2, 0.25) is 0 Å². The van der Waals surface area contributed by atoms with Crippen LogP contribution >= 0.6 is 0 Å². The van der Waals surface area contributed by atoms with Crippen LogP contribution in [0.2, 0.25) is 0 Å². The molecule has 11 heavy (non-hydrogen) atoms. The molecule has 0 bridgehead atoms. The van der Waals surface area contributed by atoms with Gasteiger partial charge in [0, 0.05) is 12.5 Å². The first-order chi connectivity index (χ1) is 5.36. The molecule has 2 nitrogen and oxygen atoms in total. The molecular formula is C9H16N2. The summed E-state index contributed by atoms with van der Waals surface area (Å²) in [4.78, 5) is 0. The molecule has 0 aromatic heterocycles. The summed E-state index contributed by atoms with van der Waals surface area (Å²) in [6, 6.07) is 2.96. The molecule has 1 fully saturated rings. The number of rotatable bonds is 2. The van der Waals surface area contributed by atoms with Crippen LogP contribution in [0.1, 0.15) is 32.1 Å². The summed E-state index contributed by atoms with van der Waals surface area (Å²) in [5.41, 5.74) is 0. The number of hydrogen-bond donors (Lipinski definition) is 1. The molecule has 1 saturated carbocycles. The predicted octanol–water partition coefficient (Wildman–Crippen LogP) is 1.68. The van der Waals surface area contributed by atoms with Crippen LogP contribution in [-0.4, -0.2) is 13.1 Å². The Morgan fingerprint density at radius 2 is 2.00 bits per heavy atom. The second kappa shape index (κ2) is 4.35. The van der Waals surface area contributed by atoms with Crippen molar-refractivity contribution in [3.63, 3.8) is 0 Å². The Morgan fingerprint density at radius 3 is 2.45 bits per heavy atom. The first-order valence-corrected chi connectivity index (χ1v) is 4.41. The maximum absolute atomic E-state index is 8.48. The summed E-state index contributed by atoms with van der Waals surface area (Å²) in [6.07, 6.45) is 5.74. The van der Waals surface area contributed by atoms with Crippen molar-refractivity contribution in [3.05, 3.63) is 0 Å². The van der Waals surface area contributed by atoms with E-state index in [1.807, 2.05) is 7.05 Å². The molecule has 1 aliphatic rings. The van der Waals surface area contributed by atoms with E-state index in [-0.39, 0.29) is 0 Å². The molecule has 0 saturated heterocycles. The van der Waals surface area contributed by atoms with Crippen LogP contribution in [0, 0.1) is 17.2 Å². The molecule has 0 atom stereocenters. The fourth-order valence-corrected chi connectivity index (χ4v) is 1.78. The highest BCUT2D eigenvalue weighted by atomic mass is 14.9. The molecule has 1 aliphatic carbocycles. The molecule has 2 heteroatoms. The molecule has 0 amide bonds. The predicted molar refractivity (Wildman–Crippen MR) is 45.0 cm³/mol. The molecular weight excluding hydrogens is 136 g/mol. The molecule has 0 spiro atoms. The van der Waals surface area contributed by atoms with Gasteiger partial charge in [-0.25, -0.2) is 0 Å². The Labute approximate surface area is 68.6 Å². The summed E-state index contributed by atoms with van der Waals surface area (Å²) in [5.74, 6) is 0.685. The van der Waals surface area contributed by atoms with Crippen molar-refractivity contribution >= 4 is 0 Å². The van der Waals surface area contributed by atoms with Crippen LogP contribution < -0.4 is 5.32 Å². The third-order valence-corrected chi connectivity index (χ3v) is 2.63. The van der Waals surface area contributed by atoms with Gasteiger partial charge in [0.1, 0.15) is 0 Å². The van der Waals surface area contributed by atoms with E-state index >= 15 is 0 Å². The largest absolute Gasteiger partial charge is 0.317 e. The lowest BCUT2D eigenvalue weighted by molar-refractivity contribution is 0.305. The van der Waals surface area contributed by atoms with Crippen molar-refractivity contribution in [2.75, 3.05) is 7.05 Å². The maximum atomic E-state index is 8.48. The highest BCUT2D eigenvalue weighted by molar-refractivity contribution is 4.82. The minimum atomic E-state index is 0.685. The van der Waals surface area contributed by atoms with Crippen molar-refractivity contribution in [2.45, 2.75) is 38.1 Å². The minimum Gasteiger partial charge on any atom is -0.317 e. The van der Waals surface area contributed by atoms with Gasteiger partial charge in [0.05, 0.1) is 6.07 Å². The van der Waals surface area contributed by atoms with Gasteiger partial charge in [-0.05, 0) is 38.6 Å². The summed E-state index contributed by atoms with van der Waals surface area (Å²) in [5, 5.41) is 11.8. The second-order valence-electron chi connectivity index (χ2n) is 3.37. The van der Waals surface area contributed by atoms with Crippen LogP contribution in [0.5, 0.6) is 0 Å². The molecule has 1 rings (SSSR count). The van der Waals surface area contributed by atoms with Crippen molar-refractivity contribution in [1.29, 1.82) is 5.26 Å². The highest BCUT2D eigenvalue weighted by Gasteiger charge is 2.18. The number of nitriles is 1. The summed E-state index contributed by atoms with van der Waals surface area (Å²) >= 11 is 0. The zero-order valence-corrected chi connectivity index (χ0v) is 7.14. The van der Waals surface area contributed by atoms with Crippen LogP contribution in [0.15, 0.2) is 0 Å². The van der Waals surface area contributed by atoms with Crippen LogP contribution in [0.25, 0.3) is 0 Å². The van der Waals surface area contributed by atoms with Crippen LogP contribution in [-0.2, 0) is 0 Å². The van der Waals surface area contributed by atoms with Crippen LogP contribution in [0.4, 0.5) is 0 Å². The molecule has 0 unspecified atom stereocenters. The molecule has 1 N–H and O–H groups in total. The molecule has 0 aromatic carbocycles. The third-order valence-electron chi connectivity index (χ3n) is 2.63. The SMILES string of the molecule is CN[C@H]1CC[C@H](CC#N)CC1. The van der Waals surface area contributed by atoms with E-state index < -0.39 is 0 Å². The standard InChI is InChI=1S/C9H16N2/c1-11-9-4-2-8(3-5-9)6-7-10/h8-9,11H,2-6H2,1H3/t8-,9-. The molecule has 0 aliphatic heterocycles. The van der Waals surface area contributed by atoms with Gasteiger partial charge < -0.3 is 5.32 Å². The van der Waals surface area contributed by atoms with Gasteiger partial charge in [0.15, 0.2) is 0 Å². The maximum Gasteiger partial charge on any atom is 0.0624 e. The van der Waals surface area contributed by atoms with Crippen molar-refractivity contribution < 1.29 is 0 Å².